The summed E-state index contributed by atoms with van der Waals surface area (Å²) in [7, 11) is 0. The molecule has 0 spiro atoms. The number of amides is 1. The molecule has 0 aliphatic carbocycles. The maximum absolute atomic E-state index is 9.82. The van der Waals surface area contributed by atoms with Crippen molar-refractivity contribution >= 4 is 5.91 Å². The summed E-state index contributed by atoms with van der Waals surface area (Å²) >= 11 is 0. The number of hydrogen-bond donors (Lipinski definition) is 3. The highest BCUT2D eigenvalue weighted by molar-refractivity contribution is 5.90. The van der Waals surface area contributed by atoms with Crippen molar-refractivity contribution in [3.05, 3.63) is 12.2 Å². The van der Waals surface area contributed by atoms with E-state index in [-0.39, 0.29) is 13.2 Å². The maximum atomic E-state index is 9.82. The second kappa shape index (κ2) is 11.1. The van der Waals surface area contributed by atoms with Gasteiger partial charge in [0.25, 0.3) is 0 Å². The molecule has 1 amide bonds. The van der Waals surface area contributed by atoms with Gasteiger partial charge in [-0.05, 0) is 6.92 Å². The number of primary amides is 1. The molecule has 13 heavy (non-hydrogen) atoms. The summed E-state index contributed by atoms with van der Waals surface area (Å²) in [6.45, 7) is 5.55. The summed E-state index contributed by atoms with van der Waals surface area (Å²) in [4.78, 5) is 9.82. The molecular weight excluding hydrogens is 174 g/mol. The summed E-state index contributed by atoms with van der Waals surface area (Å²) in [5.41, 5.74) is 5.09. The predicted octanol–water partition coefficient (Wildman–Crippen LogP) is -0.965. The molecule has 0 aliphatic rings. The highest BCUT2D eigenvalue weighted by atomic mass is 16.5. The molecule has 78 valence electrons. The first-order valence-electron chi connectivity index (χ1n) is 3.81. The zero-order valence-corrected chi connectivity index (χ0v) is 7.82. The van der Waals surface area contributed by atoms with E-state index in [1.165, 1.54) is 0 Å². The second-order valence-corrected chi connectivity index (χ2v) is 2.20. The van der Waals surface area contributed by atoms with Crippen molar-refractivity contribution in [3.63, 3.8) is 0 Å². The Labute approximate surface area is 77.8 Å². The number of carbonyl (C=O) groups is 1. The van der Waals surface area contributed by atoms with Gasteiger partial charge >= 0.3 is 0 Å². The largest absolute Gasteiger partial charge is 0.394 e. The summed E-state index contributed by atoms with van der Waals surface area (Å²) in [6.07, 6.45) is 0. The number of ether oxygens (including phenoxy) is 1. The maximum Gasteiger partial charge on any atom is 0.243 e. The van der Waals surface area contributed by atoms with Gasteiger partial charge in [0.2, 0.25) is 5.91 Å². The van der Waals surface area contributed by atoms with Crippen LogP contribution >= 0.6 is 0 Å². The average molecular weight is 191 g/mol. The molecule has 5 nitrogen and oxygen atoms in total. The molecule has 0 aromatic rings. The van der Waals surface area contributed by atoms with Crippen molar-refractivity contribution < 1.29 is 19.7 Å². The number of aliphatic hydroxyl groups excluding tert-OH is 2. The predicted molar refractivity (Wildman–Crippen MR) is 49.0 cm³/mol. The number of aliphatic hydroxyl groups is 2. The van der Waals surface area contributed by atoms with E-state index >= 15 is 0 Å². The number of hydrogen-bond acceptors (Lipinski definition) is 4. The first-order valence-corrected chi connectivity index (χ1v) is 3.81. The molecule has 0 saturated heterocycles. The Morgan fingerprint density at radius 2 is 1.69 bits per heavy atom. The molecule has 0 atom stereocenters. The fraction of sp³-hybridized carbons (Fsp3) is 0.625. The first kappa shape index (κ1) is 14.6. The summed E-state index contributed by atoms with van der Waals surface area (Å²) in [5.74, 6) is -0.435. The molecule has 0 radical (unpaired) electrons. The molecule has 0 aromatic heterocycles. The van der Waals surface area contributed by atoms with Gasteiger partial charge < -0.3 is 20.7 Å². The smallest absolute Gasteiger partial charge is 0.243 e. The first-order chi connectivity index (χ1) is 6.06. The second-order valence-electron chi connectivity index (χ2n) is 2.20. The molecular formula is C8H17NO4. The molecule has 0 unspecified atom stereocenters. The van der Waals surface area contributed by atoms with Crippen LogP contribution in [0.2, 0.25) is 0 Å². The van der Waals surface area contributed by atoms with Gasteiger partial charge in [-0.15, -0.1) is 0 Å². The van der Waals surface area contributed by atoms with Crippen molar-refractivity contribution in [2.24, 2.45) is 5.73 Å². The Bertz CT molecular complexity index is 131. The molecule has 5 heteroatoms. The topological polar surface area (TPSA) is 92.8 Å². The lowest BCUT2D eigenvalue weighted by Crippen LogP contribution is -2.10. The monoisotopic (exact) mass is 191 g/mol. The Morgan fingerprint density at radius 1 is 1.38 bits per heavy atom. The van der Waals surface area contributed by atoms with Crippen molar-refractivity contribution in [3.8, 4) is 0 Å². The number of carbonyl (C=O) groups excluding carboxylic acids is 1. The Balaban J connectivity index is 0. The normalized spacial score (nSPS) is 8.54. The van der Waals surface area contributed by atoms with Crippen LogP contribution in [0.3, 0.4) is 0 Å². The van der Waals surface area contributed by atoms with Crippen LogP contribution in [0.15, 0.2) is 12.2 Å². The standard InChI is InChI=1S/C4H7NO.C4H10O3/c1-3(2)4(5)6;5-1-3-7-4-2-6/h1H2,2H3,(H2,5,6);5-6H,1-4H2. The quantitative estimate of drug-likeness (QED) is 0.385. The van der Waals surface area contributed by atoms with Gasteiger partial charge in [-0.3, -0.25) is 4.79 Å². The van der Waals surface area contributed by atoms with Gasteiger partial charge in [-0.2, -0.15) is 0 Å². The van der Waals surface area contributed by atoms with Crippen LogP contribution in [0.25, 0.3) is 0 Å². The van der Waals surface area contributed by atoms with Crippen LogP contribution in [0.4, 0.5) is 0 Å². The zero-order valence-electron chi connectivity index (χ0n) is 7.82. The van der Waals surface area contributed by atoms with Gasteiger partial charge in [0.15, 0.2) is 0 Å². The van der Waals surface area contributed by atoms with Gasteiger partial charge in [-0.25, -0.2) is 0 Å². The van der Waals surface area contributed by atoms with Gasteiger partial charge in [-0.1, -0.05) is 6.58 Å². The fourth-order valence-electron chi connectivity index (χ4n) is 0.231. The van der Waals surface area contributed by atoms with E-state index in [9.17, 15) is 4.79 Å². The zero-order chi connectivity index (χ0) is 10.7. The molecule has 4 N–H and O–H groups in total. The minimum atomic E-state index is -0.435. The number of nitrogens with two attached hydrogens (primary N) is 1. The molecule has 0 rings (SSSR count). The van der Waals surface area contributed by atoms with E-state index in [0.717, 1.165) is 0 Å². The lowest BCUT2D eigenvalue weighted by Gasteiger charge is -1.94. The Kier molecular flexibility index (Phi) is 12.5. The highest BCUT2D eigenvalue weighted by Crippen LogP contribution is 1.78. The van der Waals surface area contributed by atoms with E-state index in [2.05, 4.69) is 11.3 Å². The molecule has 0 saturated carbocycles. The SMILES string of the molecule is C=C(C)C(N)=O.OCCOCCO. The number of rotatable bonds is 5. The molecule has 0 heterocycles. The van der Waals surface area contributed by atoms with Crippen molar-refractivity contribution in [1.82, 2.24) is 0 Å². The van der Waals surface area contributed by atoms with Crippen LogP contribution in [0, 0.1) is 0 Å². The van der Waals surface area contributed by atoms with E-state index in [1.54, 1.807) is 6.92 Å². The van der Waals surface area contributed by atoms with Crippen LogP contribution in [-0.2, 0) is 9.53 Å². The Hall–Kier alpha value is -0.910. The van der Waals surface area contributed by atoms with E-state index in [1.807, 2.05) is 0 Å². The van der Waals surface area contributed by atoms with Crippen molar-refractivity contribution in [2.75, 3.05) is 26.4 Å². The van der Waals surface area contributed by atoms with E-state index < -0.39 is 5.91 Å². The molecule has 0 fully saturated rings. The van der Waals surface area contributed by atoms with E-state index in [0.29, 0.717) is 18.8 Å². The van der Waals surface area contributed by atoms with Gasteiger partial charge in [0.1, 0.15) is 0 Å². The van der Waals surface area contributed by atoms with Crippen LogP contribution in [0.5, 0.6) is 0 Å². The molecule has 0 bridgehead atoms. The average Bonchev–Trinajstić information content (AvgIpc) is 2.06. The fourth-order valence-corrected chi connectivity index (χ4v) is 0.231. The van der Waals surface area contributed by atoms with Crippen molar-refractivity contribution in [2.45, 2.75) is 6.92 Å². The van der Waals surface area contributed by atoms with Crippen LogP contribution < -0.4 is 5.73 Å². The van der Waals surface area contributed by atoms with Crippen LogP contribution in [-0.4, -0.2) is 42.5 Å². The van der Waals surface area contributed by atoms with Crippen LogP contribution in [0.1, 0.15) is 6.92 Å². The third-order valence-electron chi connectivity index (χ3n) is 0.892. The third-order valence-corrected chi connectivity index (χ3v) is 0.892. The van der Waals surface area contributed by atoms with Crippen molar-refractivity contribution in [1.29, 1.82) is 0 Å². The molecule has 0 aromatic carbocycles. The summed E-state index contributed by atoms with van der Waals surface area (Å²) in [5, 5.41) is 16.2. The minimum absolute atomic E-state index is 0.0278. The third kappa shape index (κ3) is 18.2. The van der Waals surface area contributed by atoms with Gasteiger partial charge in [0.05, 0.1) is 26.4 Å². The lowest BCUT2D eigenvalue weighted by molar-refractivity contribution is -0.114. The molecule has 0 aliphatic heterocycles. The van der Waals surface area contributed by atoms with E-state index in [4.69, 9.17) is 15.9 Å². The minimum Gasteiger partial charge on any atom is -0.394 e. The Morgan fingerprint density at radius 3 is 1.85 bits per heavy atom. The summed E-state index contributed by atoms with van der Waals surface area (Å²) < 4.78 is 4.63. The summed E-state index contributed by atoms with van der Waals surface area (Å²) in [6, 6.07) is 0. The highest BCUT2D eigenvalue weighted by Gasteiger charge is 1.86. The van der Waals surface area contributed by atoms with Gasteiger partial charge in [0, 0.05) is 5.57 Å². The lowest BCUT2D eigenvalue weighted by atomic mass is 10.3.